The first-order valence-corrected chi connectivity index (χ1v) is 7.77. The Hall–Kier alpha value is -2.67. The van der Waals surface area contributed by atoms with Crippen molar-refractivity contribution in [1.29, 1.82) is 0 Å². The fourth-order valence-corrected chi connectivity index (χ4v) is 2.26. The van der Waals surface area contributed by atoms with Crippen molar-refractivity contribution < 1.29 is 14.8 Å². The predicted octanol–water partition coefficient (Wildman–Crippen LogP) is 3.58. The normalized spacial score (nSPS) is 10.5. The van der Waals surface area contributed by atoms with Gasteiger partial charge in [-0.25, -0.2) is 4.98 Å². The fraction of sp³-hybridized carbons (Fsp3) is 0.353. The second-order valence-corrected chi connectivity index (χ2v) is 5.38. The van der Waals surface area contributed by atoms with Crippen LogP contribution in [0.3, 0.4) is 0 Å². The number of aromatic nitrogens is 1. The number of hydrogen-bond donors (Lipinski definition) is 2. The van der Waals surface area contributed by atoms with Crippen LogP contribution in [0.5, 0.6) is 11.6 Å². The van der Waals surface area contributed by atoms with Crippen LogP contribution in [0.15, 0.2) is 30.3 Å². The fourth-order valence-electron chi connectivity index (χ4n) is 2.26. The van der Waals surface area contributed by atoms with Gasteiger partial charge in [0.05, 0.1) is 4.92 Å². The Morgan fingerprint density at radius 2 is 1.96 bits per heavy atom. The number of aliphatic hydroxyl groups is 1. The number of nitro groups is 1. The van der Waals surface area contributed by atoms with Crippen LogP contribution in [0.25, 0.3) is 0 Å². The van der Waals surface area contributed by atoms with Crippen molar-refractivity contribution in [2.45, 2.75) is 26.7 Å². The molecular formula is C17H21N3O4. The molecule has 0 bridgehead atoms. The van der Waals surface area contributed by atoms with Crippen molar-refractivity contribution in [3.63, 3.8) is 0 Å². The van der Waals surface area contributed by atoms with Crippen LogP contribution in [0.1, 0.15) is 24.1 Å². The molecule has 0 saturated heterocycles. The second-order valence-electron chi connectivity index (χ2n) is 5.38. The Morgan fingerprint density at radius 3 is 2.58 bits per heavy atom. The van der Waals surface area contributed by atoms with Crippen molar-refractivity contribution in [1.82, 2.24) is 4.98 Å². The highest BCUT2D eigenvalue weighted by atomic mass is 16.6. The lowest BCUT2D eigenvalue weighted by Gasteiger charge is -2.14. The Morgan fingerprint density at radius 1 is 1.25 bits per heavy atom. The monoisotopic (exact) mass is 331 g/mol. The van der Waals surface area contributed by atoms with Crippen molar-refractivity contribution in [2.24, 2.45) is 0 Å². The maximum atomic E-state index is 11.6. The number of nitrogens with one attached hydrogen (secondary N) is 1. The maximum Gasteiger partial charge on any atom is 0.354 e. The molecule has 2 aromatic rings. The Bertz CT molecular complexity index is 705. The van der Waals surface area contributed by atoms with Gasteiger partial charge in [0.15, 0.2) is 0 Å². The molecular weight excluding hydrogens is 310 g/mol. The number of unbranched alkanes of at least 4 members (excludes halogenated alkanes) is 1. The van der Waals surface area contributed by atoms with Gasteiger partial charge in [-0.2, -0.15) is 0 Å². The summed E-state index contributed by atoms with van der Waals surface area (Å²) in [5.74, 6) is 0.460. The largest absolute Gasteiger partial charge is 0.434 e. The topological polar surface area (TPSA) is 97.5 Å². The quantitative estimate of drug-likeness (QED) is 0.436. The van der Waals surface area contributed by atoms with Gasteiger partial charge in [0.25, 0.3) is 0 Å². The smallest absolute Gasteiger partial charge is 0.354 e. The molecule has 2 N–H and O–H groups in total. The average molecular weight is 331 g/mol. The van der Waals surface area contributed by atoms with Crippen molar-refractivity contribution in [3.8, 4) is 11.6 Å². The summed E-state index contributed by atoms with van der Waals surface area (Å²) in [6.07, 6.45) is 1.35. The molecule has 1 aromatic carbocycles. The predicted molar refractivity (Wildman–Crippen MR) is 91.7 cm³/mol. The third-order valence-corrected chi connectivity index (χ3v) is 3.65. The van der Waals surface area contributed by atoms with E-state index in [1.165, 1.54) is 0 Å². The molecule has 7 nitrogen and oxygen atoms in total. The summed E-state index contributed by atoms with van der Waals surface area (Å²) < 4.78 is 5.64. The molecule has 1 heterocycles. The number of rotatable bonds is 8. The van der Waals surface area contributed by atoms with Crippen LogP contribution in [-0.2, 0) is 0 Å². The first kappa shape index (κ1) is 17.7. The van der Waals surface area contributed by atoms with Crippen LogP contribution in [0, 0.1) is 24.0 Å². The van der Waals surface area contributed by atoms with Crippen molar-refractivity contribution >= 4 is 11.4 Å². The number of aryl methyl sites for hydroxylation is 1. The van der Waals surface area contributed by atoms with Gasteiger partial charge in [0.1, 0.15) is 11.4 Å². The van der Waals surface area contributed by atoms with E-state index >= 15 is 0 Å². The first-order valence-electron chi connectivity index (χ1n) is 7.77. The van der Waals surface area contributed by atoms with Gasteiger partial charge in [-0.1, -0.05) is 18.2 Å². The summed E-state index contributed by atoms with van der Waals surface area (Å²) in [6.45, 7) is 4.20. The van der Waals surface area contributed by atoms with E-state index < -0.39 is 4.92 Å². The molecule has 24 heavy (non-hydrogen) atoms. The number of anilines is 1. The lowest BCUT2D eigenvalue weighted by Crippen LogP contribution is -2.10. The molecule has 0 amide bonds. The summed E-state index contributed by atoms with van der Waals surface area (Å²) in [5.41, 5.74) is 1.62. The zero-order chi connectivity index (χ0) is 17.5. The highest BCUT2D eigenvalue weighted by Crippen LogP contribution is 2.39. The number of ether oxygens (including phenoxy) is 1. The standard InChI is InChI=1S/C17H21N3O4/c1-12-13(2)19-17(24-14-8-4-3-5-9-14)16(20(22)23)15(12)18-10-6-7-11-21/h3-5,8-9,21H,6-7,10-11H2,1-2H3,(H,18,19). The minimum atomic E-state index is -0.480. The molecule has 0 aliphatic heterocycles. The van der Waals surface area contributed by atoms with Gasteiger partial charge < -0.3 is 15.2 Å². The van der Waals surface area contributed by atoms with Crippen LogP contribution in [-0.4, -0.2) is 28.2 Å². The summed E-state index contributed by atoms with van der Waals surface area (Å²) >= 11 is 0. The lowest BCUT2D eigenvalue weighted by molar-refractivity contribution is -0.385. The molecule has 0 fully saturated rings. The zero-order valence-electron chi connectivity index (χ0n) is 13.8. The minimum absolute atomic E-state index is 0.0287. The van der Waals surface area contributed by atoms with Crippen LogP contribution in [0.4, 0.5) is 11.4 Å². The Balaban J connectivity index is 2.39. The maximum absolute atomic E-state index is 11.6. The number of benzene rings is 1. The van der Waals surface area contributed by atoms with Crippen molar-refractivity contribution in [3.05, 3.63) is 51.7 Å². The summed E-state index contributed by atoms with van der Waals surface area (Å²) in [5, 5.41) is 23.5. The first-order chi connectivity index (χ1) is 11.5. The molecule has 0 aliphatic rings. The lowest BCUT2D eigenvalue weighted by atomic mass is 10.1. The number of pyridine rings is 1. The molecule has 2 rings (SSSR count). The Labute approximate surface area is 140 Å². The highest BCUT2D eigenvalue weighted by molar-refractivity contribution is 5.71. The number of hydrogen-bond acceptors (Lipinski definition) is 6. The summed E-state index contributed by atoms with van der Waals surface area (Å²) in [4.78, 5) is 15.4. The van der Waals surface area contributed by atoms with E-state index in [4.69, 9.17) is 9.84 Å². The van der Waals surface area contributed by atoms with E-state index in [9.17, 15) is 10.1 Å². The molecule has 128 valence electrons. The summed E-state index contributed by atoms with van der Waals surface area (Å²) in [7, 11) is 0. The van der Waals surface area contributed by atoms with Gasteiger partial charge >= 0.3 is 11.6 Å². The van der Waals surface area contributed by atoms with Gasteiger partial charge in [0.2, 0.25) is 0 Å². The molecule has 0 spiro atoms. The van der Waals surface area contributed by atoms with Crippen LogP contribution in [0.2, 0.25) is 0 Å². The third-order valence-electron chi connectivity index (χ3n) is 3.65. The third kappa shape index (κ3) is 4.20. The molecule has 7 heteroatoms. The van der Waals surface area contributed by atoms with Gasteiger partial charge in [0, 0.05) is 24.4 Å². The molecule has 0 unspecified atom stereocenters. The van der Waals surface area contributed by atoms with E-state index in [1.807, 2.05) is 6.07 Å². The van der Waals surface area contributed by atoms with E-state index in [0.717, 1.165) is 0 Å². The molecule has 0 aliphatic carbocycles. The number of aliphatic hydroxyl groups excluding tert-OH is 1. The van der Waals surface area contributed by atoms with E-state index in [1.54, 1.807) is 38.1 Å². The van der Waals surface area contributed by atoms with Gasteiger partial charge in [-0.05, 0) is 38.8 Å². The molecule has 0 saturated carbocycles. The molecule has 0 radical (unpaired) electrons. The SMILES string of the molecule is Cc1nc(Oc2ccccc2)c([N+](=O)[O-])c(NCCCCO)c1C. The van der Waals surface area contributed by atoms with E-state index in [2.05, 4.69) is 10.3 Å². The minimum Gasteiger partial charge on any atom is -0.434 e. The van der Waals surface area contributed by atoms with E-state index in [-0.39, 0.29) is 18.2 Å². The number of para-hydroxylation sites is 1. The summed E-state index contributed by atoms with van der Waals surface area (Å²) in [6, 6.07) is 8.85. The van der Waals surface area contributed by atoms with Gasteiger partial charge in [-0.3, -0.25) is 10.1 Å². The van der Waals surface area contributed by atoms with Gasteiger partial charge in [-0.15, -0.1) is 0 Å². The van der Waals surface area contributed by atoms with Crippen LogP contribution < -0.4 is 10.1 Å². The number of nitrogens with zero attached hydrogens (tertiary/aromatic N) is 2. The second kappa shape index (κ2) is 8.26. The zero-order valence-corrected chi connectivity index (χ0v) is 13.8. The highest BCUT2D eigenvalue weighted by Gasteiger charge is 2.27. The molecule has 1 aromatic heterocycles. The average Bonchev–Trinajstić information content (AvgIpc) is 2.56. The van der Waals surface area contributed by atoms with Crippen molar-refractivity contribution in [2.75, 3.05) is 18.5 Å². The van der Waals surface area contributed by atoms with E-state index in [0.29, 0.717) is 42.1 Å². The van der Waals surface area contributed by atoms with Crippen LogP contribution >= 0.6 is 0 Å². The Kier molecular flexibility index (Phi) is 6.08. The molecule has 0 atom stereocenters.